The first kappa shape index (κ1) is 16.8. The standard InChI is InChI=1S/C19H26ISi/c1-4-21(5-2,6-3)16-17-12-14-19(15-13-17)20-18-10-8-7-9-11-18/h7-15H,4-6,16H2,1-3H3/q-1. The van der Waals surface area contributed by atoms with Crippen molar-refractivity contribution in [3.8, 4) is 0 Å². The first-order valence-electron chi connectivity index (χ1n) is 8.00. The summed E-state index contributed by atoms with van der Waals surface area (Å²) in [6, 6.07) is 26.0. The summed E-state index contributed by atoms with van der Waals surface area (Å²) in [5, 5.41) is 0. The topological polar surface area (TPSA) is 0 Å². The summed E-state index contributed by atoms with van der Waals surface area (Å²) in [5.41, 5.74) is 1.56. The predicted octanol–water partition coefficient (Wildman–Crippen LogP) is 2.41. The molecule has 0 saturated carbocycles. The van der Waals surface area contributed by atoms with Crippen LogP contribution in [0, 0.1) is 7.14 Å². The molecule has 2 heteroatoms. The maximum atomic E-state index is 2.40. The van der Waals surface area contributed by atoms with Crippen LogP contribution in [-0.2, 0) is 6.04 Å². The molecular weight excluding hydrogens is 383 g/mol. The van der Waals surface area contributed by atoms with E-state index in [4.69, 9.17) is 0 Å². The van der Waals surface area contributed by atoms with Gasteiger partial charge in [-0.15, -0.1) is 0 Å². The summed E-state index contributed by atoms with van der Waals surface area (Å²) in [7, 11) is -1.04. The van der Waals surface area contributed by atoms with Crippen molar-refractivity contribution < 1.29 is 21.2 Å². The Morgan fingerprint density at radius 3 is 1.76 bits per heavy atom. The summed E-state index contributed by atoms with van der Waals surface area (Å²) < 4.78 is 3.03. The van der Waals surface area contributed by atoms with Gasteiger partial charge in [-0.05, 0) is 0 Å². The second-order valence-corrected chi connectivity index (χ2v) is 14.3. The van der Waals surface area contributed by atoms with Crippen LogP contribution < -0.4 is 21.2 Å². The van der Waals surface area contributed by atoms with E-state index in [-0.39, 0.29) is 21.2 Å². The molecule has 0 aliphatic rings. The Morgan fingerprint density at radius 2 is 1.24 bits per heavy atom. The molecule has 0 amide bonds. The summed E-state index contributed by atoms with van der Waals surface area (Å²) in [6.45, 7) is 7.19. The third-order valence-corrected chi connectivity index (χ3v) is 13.0. The number of benzene rings is 2. The molecule has 0 radical (unpaired) electrons. The molecule has 0 saturated heterocycles. The minimum absolute atomic E-state index is 0.0182. The Labute approximate surface area is 141 Å². The van der Waals surface area contributed by atoms with Crippen LogP contribution in [0.4, 0.5) is 0 Å². The van der Waals surface area contributed by atoms with Crippen molar-refractivity contribution in [2.45, 2.75) is 44.9 Å². The van der Waals surface area contributed by atoms with Crippen LogP contribution in [-0.4, -0.2) is 8.07 Å². The van der Waals surface area contributed by atoms with E-state index < -0.39 is 8.07 Å². The van der Waals surface area contributed by atoms with E-state index in [2.05, 4.69) is 75.4 Å². The van der Waals surface area contributed by atoms with E-state index in [0.717, 1.165) is 0 Å². The molecular formula is C19H26ISi-. The number of hydrogen-bond acceptors (Lipinski definition) is 0. The molecule has 0 atom stereocenters. The molecule has 0 aliphatic carbocycles. The van der Waals surface area contributed by atoms with E-state index in [9.17, 15) is 0 Å². The summed E-state index contributed by atoms with van der Waals surface area (Å²) in [5.74, 6) is 0. The van der Waals surface area contributed by atoms with Gasteiger partial charge < -0.3 is 0 Å². The quantitative estimate of drug-likeness (QED) is 0.487. The minimum atomic E-state index is -1.04. The molecule has 0 unspecified atom stereocenters. The summed E-state index contributed by atoms with van der Waals surface area (Å²) in [4.78, 5) is 0. The van der Waals surface area contributed by atoms with Gasteiger partial charge in [0.25, 0.3) is 0 Å². The van der Waals surface area contributed by atoms with Gasteiger partial charge in [0.1, 0.15) is 0 Å². The van der Waals surface area contributed by atoms with Gasteiger partial charge in [0.05, 0.1) is 0 Å². The SMILES string of the molecule is CC[Si](CC)(CC)Cc1ccc([I-]c2ccccc2)cc1. The monoisotopic (exact) mass is 409 g/mol. The Bertz CT molecular complexity index is 521. The fraction of sp³-hybridized carbons (Fsp3) is 0.368. The summed E-state index contributed by atoms with van der Waals surface area (Å²) in [6.07, 6.45) is 0. The fourth-order valence-corrected chi connectivity index (χ4v) is 8.39. The van der Waals surface area contributed by atoms with Crippen molar-refractivity contribution in [1.29, 1.82) is 0 Å². The number of rotatable bonds is 7. The van der Waals surface area contributed by atoms with E-state index in [1.165, 1.54) is 31.3 Å². The average Bonchev–Trinajstić information content (AvgIpc) is 2.55. The molecule has 0 heterocycles. The van der Waals surface area contributed by atoms with Gasteiger partial charge in [-0.25, -0.2) is 0 Å². The van der Waals surface area contributed by atoms with Crippen LogP contribution >= 0.6 is 0 Å². The van der Waals surface area contributed by atoms with Crippen molar-refractivity contribution in [2.24, 2.45) is 0 Å². The molecule has 21 heavy (non-hydrogen) atoms. The van der Waals surface area contributed by atoms with Gasteiger partial charge in [-0.1, -0.05) is 0 Å². The van der Waals surface area contributed by atoms with Gasteiger partial charge in [0.15, 0.2) is 0 Å². The van der Waals surface area contributed by atoms with Crippen LogP contribution in [0.25, 0.3) is 0 Å². The molecule has 0 fully saturated rings. The average molecular weight is 409 g/mol. The van der Waals surface area contributed by atoms with Crippen molar-refractivity contribution in [3.63, 3.8) is 0 Å². The van der Waals surface area contributed by atoms with Crippen molar-refractivity contribution >= 4 is 8.07 Å². The third kappa shape index (κ3) is 4.68. The van der Waals surface area contributed by atoms with Gasteiger partial charge in [-0.2, -0.15) is 0 Å². The van der Waals surface area contributed by atoms with Crippen LogP contribution in [0.3, 0.4) is 0 Å². The molecule has 114 valence electrons. The first-order chi connectivity index (χ1) is 10.2. The molecule has 2 aromatic rings. The van der Waals surface area contributed by atoms with Crippen LogP contribution in [0.1, 0.15) is 26.3 Å². The van der Waals surface area contributed by atoms with Gasteiger partial charge >= 0.3 is 142 Å². The van der Waals surface area contributed by atoms with Crippen LogP contribution in [0.5, 0.6) is 0 Å². The molecule has 0 nitrogen and oxygen atoms in total. The molecule has 0 N–H and O–H groups in total. The van der Waals surface area contributed by atoms with Crippen molar-refractivity contribution in [3.05, 3.63) is 67.3 Å². The second kappa shape index (κ2) is 8.13. The predicted molar refractivity (Wildman–Crippen MR) is 91.2 cm³/mol. The van der Waals surface area contributed by atoms with Crippen molar-refractivity contribution in [2.75, 3.05) is 0 Å². The van der Waals surface area contributed by atoms with E-state index in [0.29, 0.717) is 0 Å². The normalized spacial score (nSPS) is 11.8. The molecule has 0 spiro atoms. The Kier molecular flexibility index (Phi) is 6.49. The van der Waals surface area contributed by atoms with Crippen LogP contribution in [0.15, 0.2) is 54.6 Å². The zero-order valence-corrected chi connectivity index (χ0v) is 16.6. The van der Waals surface area contributed by atoms with Gasteiger partial charge in [0, 0.05) is 0 Å². The van der Waals surface area contributed by atoms with E-state index in [1.807, 2.05) is 0 Å². The van der Waals surface area contributed by atoms with Crippen LogP contribution in [0.2, 0.25) is 18.1 Å². The summed E-state index contributed by atoms with van der Waals surface area (Å²) >= 11 is -0.0182. The van der Waals surface area contributed by atoms with E-state index >= 15 is 0 Å². The second-order valence-electron chi connectivity index (χ2n) is 5.75. The van der Waals surface area contributed by atoms with Gasteiger partial charge in [-0.3, -0.25) is 0 Å². The number of hydrogen-bond donors (Lipinski definition) is 0. The Morgan fingerprint density at radius 1 is 0.714 bits per heavy atom. The first-order valence-corrected chi connectivity index (χ1v) is 13.0. The molecule has 0 bridgehead atoms. The maximum absolute atomic E-state index is 2.40. The fourth-order valence-electron chi connectivity index (χ4n) is 2.83. The van der Waals surface area contributed by atoms with Gasteiger partial charge in [0.2, 0.25) is 0 Å². The Hall–Kier alpha value is -0.613. The van der Waals surface area contributed by atoms with Crippen molar-refractivity contribution in [1.82, 2.24) is 0 Å². The molecule has 2 aromatic carbocycles. The molecule has 2 rings (SSSR count). The molecule has 0 aliphatic heterocycles. The zero-order valence-electron chi connectivity index (χ0n) is 13.4. The zero-order chi connectivity index (χ0) is 15.1. The third-order valence-electron chi connectivity index (χ3n) is 4.69. The molecule has 0 aromatic heterocycles. The number of halogens is 1. The Balaban J connectivity index is 2.05. The van der Waals surface area contributed by atoms with E-state index in [1.54, 1.807) is 5.56 Å².